The first-order valence-corrected chi connectivity index (χ1v) is 7.00. The van der Waals surface area contributed by atoms with Crippen LogP contribution in [-0.2, 0) is 0 Å². The van der Waals surface area contributed by atoms with Crippen molar-refractivity contribution in [3.63, 3.8) is 0 Å². The number of hydrogen-bond donors (Lipinski definition) is 1. The minimum Gasteiger partial charge on any atom is -0.330 e. The molecule has 0 unspecified atom stereocenters. The molecule has 102 valence electrons. The Bertz CT molecular complexity index is 883. The minimum absolute atomic E-state index is 0.0555. The largest absolute Gasteiger partial charge is 0.330 e. The van der Waals surface area contributed by atoms with Crippen molar-refractivity contribution < 1.29 is 4.39 Å². The second-order valence-corrected chi connectivity index (χ2v) is 5.63. The van der Waals surface area contributed by atoms with Crippen LogP contribution in [0.1, 0.15) is 5.56 Å². The number of nitrogens with zero attached hydrogens (tertiary/aromatic N) is 1. The zero-order chi connectivity index (χ0) is 14.4. The Kier molecular flexibility index (Phi) is 3.32. The molecule has 3 rings (SSSR count). The van der Waals surface area contributed by atoms with Crippen LogP contribution < -0.4 is 0 Å². The fraction of sp³-hybridized carbons (Fsp3) is 0.0714. The molecule has 0 saturated heterocycles. The molecule has 0 amide bonds. The summed E-state index contributed by atoms with van der Waals surface area (Å²) in [5.74, 6) is -0.481. The summed E-state index contributed by atoms with van der Waals surface area (Å²) in [6.45, 7) is 1.91. The van der Waals surface area contributed by atoms with E-state index < -0.39 is 5.82 Å². The van der Waals surface area contributed by atoms with Crippen LogP contribution in [0.2, 0.25) is 10.0 Å². The number of fused-ring (bicyclic) bond motifs is 1. The van der Waals surface area contributed by atoms with Crippen molar-refractivity contribution in [1.82, 2.24) is 9.55 Å². The van der Waals surface area contributed by atoms with Gasteiger partial charge in [-0.25, -0.2) is 4.39 Å². The number of nitrogens with one attached hydrogen (secondary N) is 1. The lowest BCUT2D eigenvalue weighted by Crippen LogP contribution is -1.97. The molecule has 6 heteroatoms. The number of H-pyrrole nitrogens is 1. The van der Waals surface area contributed by atoms with Gasteiger partial charge in [-0.05, 0) is 42.9 Å². The van der Waals surface area contributed by atoms with Crippen molar-refractivity contribution in [3.05, 3.63) is 56.5 Å². The van der Waals surface area contributed by atoms with E-state index in [2.05, 4.69) is 4.98 Å². The van der Waals surface area contributed by atoms with Crippen LogP contribution in [0.4, 0.5) is 4.39 Å². The molecule has 0 spiro atoms. The summed E-state index contributed by atoms with van der Waals surface area (Å²) in [5, 5.41) is 0.701. The molecule has 2 nitrogen and oxygen atoms in total. The minimum atomic E-state index is -0.481. The first-order valence-electron chi connectivity index (χ1n) is 5.84. The second-order valence-electron chi connectivity index (χ2n) is 4.43. The van der Waals surface area contributed by atoms with Gasteiger partial charge in [0.15, 0.2) is 4.77 Å². The van der Waals surface area contributed by atoms with Crippen LogP contribution in [0.25, 0.3) is 16.7 Å². The van der Waals surface area contributed by atoms with Crippen molar-refractivity contribution in [2.75, 3.05) is 0 Å². The number of benzene rings is 2. The number of aromatic nitrogens is 2. The third-order valence-electron chi connectivity index (χ3n) is 3.20. The van der Waals surface area contributed by atoms with Crippen molar-refractivity contribution >= 4 is 46.5 Å². The number of halogens is 3. The van der Waals surface area contributed by atoms with Crippen LogP contribution in [0.15, 0.2) is 30.3 Å². The third kappa shape index (κ3) is 2.04. The summed E-state index contributed by atoms with van der Waals surface area (Å²) >= 11 is 17.3. The van der Waals surface area contributed by atoms with Gasteiger partial charge in [0.25, 0.3) is 0 Å². The Morgan fingerprint density at radius 2 is 1.95 bits per heavy atom. The molecule has 3 aromatic rings. The van der Waals surface area contributed by atoms with E-state index in [0.717, 1.165) is 11.3 Å². The topological polar surface area (TPSA) is 20.7 Å². The van der Waals surface area contributed by atoms with Gasteiger partial charge in [-0.1, -0.05) is 29.3 Å². The molecule has 0 fully saturated rings. The molecule has 0 atom stereocenters. The van der Waals surface area contributed by atoms with Crippen LogP contribution in [0.3, 0.4) is 0 Å². The van der Waals surface area contributed by atoms with Gasteiger partial charge in [0.05, 0.1) is 21.7 Å². The average Bonchev–Trinajstić information content (AvgIpc) is 2.69. The Balaban J connectivity index is 2.42. The SMILES string of the molecule is Cc1c(Cl)cccc1-n1c(=S)[nH]c2cc(F)c(Cl)cc21. The van der Waals surface area contributed by atoms with Gasteiger partial charge < -0.3 is 4.98 Å². The van der Waals surface area contributed by atoms with Crippen LogP contribution in [-0.4, -0.2) is 9.55 Å². The van der Waals surface area contributed by atoms with E-state index >= 15 is 0 Å². The molecular formula is C14H9Cl2FN2S. The highest BCUT2D eigenvalue weighted by molar-refractivity contribution is 7.71. The number of rotatable bonds is 1. The summed E-state index contributed by atoms with van der Waals surface area (Å²) in [6.07, 6.45) is 0. The van der Waals surface area contributed by atoms with E-state index in [0.29, 0.717) is 20.8 Å². The molecule has 1 N–H and O–H groups in total. The van der Waals surface area contributed by atoms with Crippen molar-refractivity contribution in [1.29, 1.82) is 0 Å². The van der Waals surface area contributed by atoms with Gasteiger partial charge in [0.2, 0.25) is 0 Å². The summed E-state index contributed by atoms with van der Waals surface area (Å²) < 4.78 is 15.8. The van der Waals surface area contributed by atoms with Gasteiger partial charge in [0, 0.05) is 11.1 Å². The fourth-order valence-corrected chi connectivity index (χ4v) is 2.81. The van der Waals surface area contributed by atoms with Crippen LogP contribution >= 0.6 is 35.4 Å². The monoisotopic (exact) mass is 326 g/mol. The molecule has 1 aromatic heterocycles. The zero-order valence-electron chi connectivity index (χ0n) is 10.4. The zero-order valence-corrected chi connectivity index (χ0v) is 12.7. The van der Waals surface area contributed by atoms with E-state index in [-0.39, 0.29) is 5.02 Å². The first kappa shape index (κ1) is 13.6. The van der Waals surface area contributed by atoms with Gasteiger partial charge in [-0.15, -0.1) is 0 Å². The predicted molar refractivity (Wildman–Crippen MR) is 83.2 cm³/mol. The van der Waals surface area contributed by atoms with Gasteiger partial charge >= 0.3 is 0 Å². The summed E-state index contributed by atoms with van der Waals surface area (Å²) in [5.41, 5.74) is 3.05. The lowest BCUT2D eigenvalue weighted by Gasteiger charge is -2.09. The molecule has 0 bridgehead atoms. The number of imidazole rings is 1. The Morgan fingerprint density at radius 1 is 1.20 bits per heavy atom. The summed E-state index contributed by atoms with van der Waals surface area (Å²) in [6, 6.07) is 8.45. The molecule has 0 radical (unpaired) electrons. The number of aromatic amines is 1. The van der Waals surface area contributed by atoms with E-state index in [9.17, 15) is 4.39 Å². The van der Waals surface area contributed by atoms with Crippen molar-refractivity contribution in [2.45, 2.75) is 6.92 Å². The summed E-state index contributed by atoms with van der Waals surface area (Å²) in [4.78, 5) is 2.98. The highest BCUT2D eigenvalue weighted by atomic mass is 35.5. The van der Waals surface area contributed by atoms with Crippen molar-refractivity contribution in [3.8, 4) is 5.69 Å². The van der Waals surface area contributed by atoms with Crippen molar-refractivity contribution in [2.24, 2.45) is 0 Å². The maximum Gasteiger partial charge on any atom is 0.182 e. The molecule has 0 aliphatic heterocycles. The number of hydrogen-bond acceptors (Lipinski definition) is 1. The van der Waals surface area contributed by atoms with Gasteiger partial charge in [-0.3, -0.25) is 4.57 Å². The highest BCUT2D eigenvalue weighted by Crippen LogP contribution is 2.28. The Hall–Kier alpha value is -1.36. The van der Waals surface area contributed by atoms with Gasteiger partial charge in [-0.2, -0.15) is 0 Å². The molecule has 0 aliphatic rings. The Labute approximate surface area is 129 Å². The maximum absolute atomic E-state index is 13.5. The quantitative estimate of drug-likeness (QED) is 0.590. The second kappa shape index (κ2) is 4.88. The molecular weight excluding hydrogens is 318 g/mol. The normalized spacial score (nSPS) is 11.2. The fourth-order valence-electron chi connectivity index (χ4n) is 2.18. The molecule has 0 saturated carbocycles. The standard InChI is InChI=1S/C14H9Cl2FN2S/c1-7-8(15)3-2-4-12(7)19-13-5-9(16)10(17)6-11(13)18-14(19)20/h2-6H,1H3,(H,18,20). The predicted octanol–water partition coefficient (Wildman–Crippen LogP) is 5.44. The molecule has 2 aromatic carbocycles. The summed E-state index contributed by atoms with van der Waals surface area (Å²) in [7, 11) is 0. The van der Waals surface area contributed by atoms with Gasteiger partial charge in [0.1, 0.15) is 5.82 Å². The lowest BCUT2D eigenvalue weighted by molar-refractivity contribution is 0.630. The van der Waals surface area contributed by atoms with E-state index in [1.165, 1.54) is 6.07 Å². The Morgan fingerprint density at radius 3 is 2.70 bits per heavy atom. The van der Waals surface area contributed by atoms with Crippen LogP contribution in [0, 0.1) is 17.5 Å². The lowest BCUT2D eigenvalue weighted by atomic mass is 10.2. The maximum atomic E-state index is 13.5. The first-order chi connectivity index (χ1) is 9.49. The molecule has 20 heavy (non-hydrogen) atoms. The molecule has 1 heterocycles. The van der Waals surface area contributed by atoms with E-state index in [1.807, 2.05) is 25.1 Å². The average molecular weight is 327 g/mol. The van der Waals surface area contributed by atoms with E-state index in [4.69, 9.17) is 35.4 Å². The van der Waals surface area contributed by atoms with Crippen LogP contribution in [0.5, 0.6) is 0 Å². The molecule has 0 aliphatic carbocycles. The highest BCUT2D eigenvalue weighted by Gasteiger charge is 2.12. The smallest absolute Gasteiger partial charge is 0.182 e. The van der Waals surface area contributed by atoms with E-state index in [1.54, 1.807) is 10.6 Å². The third-order valence-corrected chi connectivity index (χ3v) is 4.19.